The van der Waals surface area contributed by atoms with Crippen LogP contribution in [0, 0.1) is 5.92 Å². The summed E-state index contributed by atoms with van der Waals surface area (Å²) in [6, 6.07) is 0. The first kappa shape index (κ1) is 12.2. The summed E-state index contributed by atoms with van der Waals surface area (Å²) in [7, 11) is 1.48. The number of halogens is 4. The standard InChI is InChI=1S/C7H12BrF3O/c1-12-3-2-6(5-8)4-7(9,10)11/h6H,2-5H2,1H3/t6-/m1/s1. The molecule has 0 bridgehead atoms. The lowest BCUT2D eigenvalue weighted by molar-refractivity contribution is -0.143. The summed E-state index contributed by atoms with van der Waals surface area (Å²) < 4.78 is 40.3. The number of methoxy groups -OCH3 is 1. The minimum absolute atomic E-state index is 0.370. The molecule has 1 atom stereocenters. The quantitative estimate of drug-likeness (QED) is 0.680. The average molecular weight is 249 g/mol. The van der Waals surface area contributed by atoms with E-state index in [9.17, 15) is 13.2 Å². The van der Waals surface area contributed by atoms with Gasteiger partial charge in [0.25, 0.3) is 0 Å². The van der Waals surface area contributed by atoms with Crippen molar-refractivity contribution in [2.75, 3.05) is 19.0 Å². The van der Waals surface area contributed by atoms with Gasteiger partial charge in [-0.25, -0.2) is 0 Å². The van der Waals surface area contributed by atoms with Gasteiger partial charge in [-0.3, -0.25) is 0 Å². The number of hydrogen-bond donors (Lipinski definition) is 0. The minimum Gasteiger partial charge on any atom is -0.385 e. The van der Waals surface area contributed by atoms with E-state index in [4.69, 9.17) is 4.74 Å². The van der Waals surface area contributed by atoms with Gasteiger partial charge >= 0.3 is 6.18 Å². The van der Waals surface area contributed by atoms with Crippen molar-refractivity contribution in [3.05, 3.63) is 0 Å². The molecule has 0 saturated carbocycles. The van der Waals surface area contributed by atoms with E-state index in [1.54, 1.807) is 0 Å². The highest BCUT2D eigenvalue weighted by Gasteiger charge is 2.30. The van der Waals surface area contributed by atoms with Gasteiger partial charge in [-0.15, -0.1) is 0 Å². The number of hydrogen-bond acceptors (Lipinski definition) is 1. The van der Waals surface area contributed by atoms with E-state index >= 15 is 0 Å². The molecule has 0 amide bonds. The van der Waals surface area contributed by atoms with Crippen molar-refractivity contribution in [1.82, 2.24) is 0 Å². The normalized spacial score (nSPS) is 14.8. The van der Waals surface area contributed by atoms with Crippen LogP contribution < -0.4 is 0 Å². The van der Waals surface area contributed by atoms with Crippen molar-refractivity contribution < 1.29 is 17.9 Å². The fraction of sp³-hybridized carbons (Fsp3) is 1.00. The van der Waals surface area contributed by atoms with Crippen LogP contribution in [0.1, 0.15) is 12.8 Å². The lowest BCUT2D eigenvalue weighted by Gasteiger charge is -2.15. The molecule has 0 heterocycles. The van der Waals surface area contributed by atoms with Crippen molar-refractivity contribution >= 4 is 15.9 Å². The number of rotatable bonds is 5. The SMILES string of the molecule is COCC[C@@H](CBr)CC(F)(F)F. The summed E-state index contributed by atoms with van der Waals surface area (Å²) in [6.07, 6.45) is -4.35. The molecular formula is C7H12BrF3O. The minimum atomic E-state index is -4.06. The lowest BCUT2D eigenvalue weighted by atomic mass is 10.0. The highest BCUT2D eigenvalue weighted by Crippen LogP contribution is 2.27. The maximum Gasteiger partial charge on any atom is 0.389 e. The molecule has 0 aliphatic rings. The molecule has 1 nitrogen and oxygen atoms in total. The third kappa shape index (κ3) is 6.91. The van der Waals surface area contributed by atoms with Gasteiger partial charge < -0.3 is 4.74 Å². The van der Waals surface area contributed by atoms with E-state index in [0.717, 1.165) is 0 Å². The Morgan fingerprint density at radius 1 is 1.42 bits per heavy atom. The maximum atomic E-state index is 11.9. The van der Waals surface area contributed by atoms with Crippen LogP contribution in [0.15, 0.2) is 0 Å². The molecule has 12 heavy (non-hydrogen) atoms. The van der Waals surface area contributed by atoms with E-state index in [2.05, 4.69) is 15.9 Å². The molecule has 0 unspecified atom stereocenters. The lowest BCUT2D eigenvalue weighted by Crippen LogP contribution is -2.17. The summed E-state index contributed by atoms with van der Waals surface area (Å²) in [4.78, 5) is 0. The van der Waals surface area contributed by atoms with Crippen LogP contribution in [0.3, 0.4) is 0 Å². The summed E-state index contributed by atoms with van der Waals surface area (Å²) >= 11 is 3.04. The van der Waals surface area contributed by atoms with E-state index in [1.807, 2.05) is 0 Å². The van der Waals surface area contributed by atoms with Gasteiger partial charge in [0, 0.05) is 25.5 Å². The van der Waals surface area contributed by atoms with Gasteiger partial charge in [-0.05, 0) is 12.3 Å². The molecule has 0 aliphatic heterocycles. The Morgan fingerprint density at radius 3 is 2.33 bits per heavy atom. The molecule has 0 aromatic carbocycles. The van der Waals surface area contributed by atoms with Gasteiger partial charge in [0.15, 0.2) is 0 Å². The van der Waals surface area contributed by atoms with E-state index in [1.165, 1.54) is 7.11 Å². The first-order valence-corrected chi connectivity index (χ1v) is 4.73. The van der Waals surface area contributed by atoms with E-state index in [-0.39, 0.29) is 5.92 Å². The monoisotopic (exact) mass is 248 g/mol. The third-order valence-electron chi connectivity index (χ3n) is 1.47. The molecule has 0 aromatic rings. The van der Waals surface area contributed by atoms with E-state index < -0.39 is 12.6 Å². The largest absolute Gasteiger partial charge is 0.389 e. The van der Waals surface area contributed by atoms with Crippen LogP contribution in [0.25, 0.3) is 0 Å². The second kappa shape index (κ2) is 5.80. The summed E-state index contributed by atoms with van der Waals surface area (Å²) in [5.41, 5.74) is 0. The Kier molecular flexibility index (Phi) is 5.92. The number of ether oxygens (including phenoxy) is 1. The molecule has 5 heteroatoms. The molecule has 0 N–H and O–H groups in total. The molecule has 0 aliphatic carbocycles. The molecule has 0 rings (SSSR count). The predicted octanol–water partition coefficient (Wildman–Crippen LogP) is 2.99. The van der Waals surface area contributed by atoms with Gasteiger partial charge in [0.05, 0.1) is 0 Å². The molecule has 0 spiro atoms. The fourth-order valence-electron chi connectivity index (χ4n) is 0.846. The summed E-state index contributed by atoms with van der Waals surface area (Å²) in [5.74, 6) is -0.370. The van der Waals surface area contributed by atoms with Crippen molar-refractivity contribution in [2.45, 2.75) is 19.0 Å². The van der Waals surface area contributed by atoms with Crippen LogP contribution in [-0.4, -0.2) is 25.2 Å². The zero-order valence-electron chi connectivity index (χ0n) is 6.83. The molecule has 0 aromatic heterocycles. The smallest absolute Gasteiger partial charge is 0.385 e. The summed E-state index contributed by atoms with van der Waals surface area (Å²) in [5, 5.41) is 0.371. The Hall–Kier alpha value is 0.230. The molecule has 0 radical (unpaired) electrons. The van der Waals surface area contributed by atoms with Gasteiger partial charge in [0.1, 0.15) is 0 Å². The second-order valence-corrected chi connectivity index (χ2v) is 3.27. The fourth-order valence-corrected chi connectivity index (χ4v) is 1.40. The predicted molar refractivity (Wildman–Crippen MR) is 44.4 cm³/mol. The van der Waals surface area contributed by atoms with E-state index in [0.29, 0.717) is 18.4 Å². The second-order valence-electron chi connectivity index (χ2n) is 2.62. The molecule has 0 saturated heterocycles. The van der Waals surface area contributed by atoms with Crippen LogP contribution >= 0.6 is 15.9 Å². The molecular weight excluding hydrogens is 237 g/mol. The van der Waals surface area contributed by atoms with Crippen molar-refractivity contribution in [1.29, 1.82) is 0 Å². The van der Waals surface area contributed by atoms with Crippen molar-refractivity contribution in [3.8, 4) is 0 Å². The topological polar surface area (TPSA) is 9.23 Å². The Balaban J connectivity index is 3.67. The van der Waals surface area contributed by atoms with Crippen molar-refractivity contribution in [3.63, 3.8) is 0 Å². The number of alkyl halides is 4. The first-order valence-electron chi connectivity index (χ1n) is 3.61. The van der Waals surface area contributed by atoms with Crippen LogP contribution in [0.5, 0.6) is 0 Å². The first-order chi connectivity index (χ1) is 5.49. The van der Waals surface area contributed by atoms with Gasteiger partial charge in [0.2, 0.25) is 0 Å². The highest BCUT2D eigenvalue weighted by molar-refractivity contribution is 9.09. The summed E-state index contributed by atoms with van der Waals surface area (Å²) in [6.45, 7) is 0.381. The Morgan fingerprint density at radius 2 is 2.00 bits per heavy atom. The third-order valence-corrected chi connectivity index (χ3v) is 2.38. The Bertz CT molecular complexity index is 116. The zero-order valence-corrected chi connectivity index (χ0v) is 8.41. The average Bonchev–Trinajstić information content (AvgIpc) is 1.95. The van der Waals surface area contributed by atoms with Crippen LogP contribution in [-0.2, 0) is 4.74 Å². The van der Waals surface area contributed by atoms with Crippen molar-refractivity contribution in [2.24, 2.45) is 5.92 Å². The van der Waals surface area contributed by atoms with Crippen LogP contribution in [0.4, 0.5) is 13.2 Å². The maximum absolute atomic E-state index is 11.9. The van der Waals surface area contributed by atoms with Crippen LogP contribution in [0.2, 0.25) is 0 Å². The zero-order chi connectivity index (χ0) is 9.61. The van der Waals surface area contributed by atoms with Gasteiger partial charge in [-0.2, -0.15) is 13.2 Å². The van der Waals surface area contributed by atoms with Gasteiger partial charge in [-0.1, -0.05) is 15.9 Å². The molecule has 74 valence electrons. The highest BCUT2D eigenvalue weighted by atomic mass is 79.9. The Labute approximate surface area is 78.4 Å². The molecule has 0 fully saturated rings.